The summed E-state index contributed by atoms with van der Waals surface area (Å²) in [4.78, 5) is 31.3. The summed E-state index contributed by atoms with van der Waals surface area (Å²) in [5.41, 5.74) is 2.19. The van der Waals surface area contributed by atoms with Crippen LogP contribution in [0.2, 0.25) is 0 Å². The fraction of sp³-hybridized carbons (Fsp3) is 0.0870. The van der Waals surface area contributed by atoms with Gasteiger partial charge in [-0.3, -0.25) is 14.6 Å². The predicted molar refractivity (Wildman–Crippen MR) is 113 cm³/mol. The third-order valence-corrected chi connectivity index (χ3v) is 5.40. The van der Waals surface area contributed by atoms with Crippen LogP contribution >= 0.6 is 15.9 Å². The van der Waals surface area contributed by atoms with Gasteiger partial charge in [-0.2, -0.15) is 0 Å². The fourth-order valence-corrected chi connectivity index (χ4v) is 3.74. The first-order valence-electron chi connectivity index (χ1n) is 9.04. The number of likely N-dealkylation sites (tertiary alicyclic amines) is 1. The number of Topliss-reactive ketones (excluding diaryl/α,β-unsaturated/α-hetero) is 1. The third-order valence-electron chi connectivity index (χ3n) is 4.88. The zero-order valence-electron chi connectivity index (χ0n) is 15.3. The Morgan fingerprint density at radius 2 is 1.62 bits per heavy atom. The molecule has 1 aromatic heterocycles. The number of ketones is 1. The van der Waals surface area contributed by atoms with Crippen LogP contribution in [0.5, 0.6) is 0 Å². The molecule has 1 N–H and O–H groups in total. The number of carbonyl (C=O) groups excluding carboxylic acids is 2. The summed E-state index contributed by atoms with van der Waals surface area (Å²) in [5.74, 6) is -1.50. The van der Waals surface area contributed by atoms with Crippen molar-refractivity contribution < 1.29 is 14.7 Å². The minimum Gasteiger partial charge on any atom is -0.507 e. The molecule has 5 nitrogen and oxygen atoms in total. The molecule has 1 atom stereocenters. The van der Waals surface area contributed by atoms with Crippen LogP contribution in [0.1, 0.15) is 22.7 Å². The maximum atomic E-state index is 12.9. The number of carbonyl (C=O) groups is 2. The molecule has 6 heteroatoms. The number of hydrogen-bond donors (Lipinski definition) is 1. The van der Waals surface area contributed by atoms with Gasteiger partial charge in [-0.05, 0) is 35.4 Å². The first-order valence-corrected chi connectivity index (χ1v) is 9.84. The number of pyridine rings is 1. The summed E-state index contributed by atoms with van der Waals surface area (Å²) in [6, 6.07) is 19.2. The van der Waals surface area contributed by atoms with E-state index in [0.29, 0.717) is 5.56 Å². The normalized spacial score (nSPS) is 18.2. The Kier molecular flexibility index (Phi) is 5.27. The molecule has 1 saturated heterocycles. The van der Waals surface area contributed by atoms with Crippen molar-refractivity contribution in [3.63, 3.8) is 0 Å². The van der Waals surface area contributed by atoms with Crippen LogP contribution in [0.4, 0.5) is 0 Å². The molecule has 0 aliphatic carbocycles. The van der Waals surface area contributed by atoms with Gasteiger partial charge in [0.25, 0.3) is 11.7 Å². The largest absolute Gasteiger partial charge is 0.507 e. The van der Waals surface area contributed by atoms with E-state index < -0.39 is 17.7 Å². The van der Waals surface area contributed by atoms with Crippen molar-refractivity contribution >= 4 is 33.4 Å². The zero-order chi connectivity index (χ0) is 20.4. The summed E-state index contributed by atoms with van der Waals surface area (Å²) in [7, 11) is 0. The van der Waals surface area contributed by atoms with E-state index >= 15 is 0 Å². The Bertz CT molecular complexity index is 1080. The van der Waals surface area contributed by atoms with Crippen LogP contribution in [0, 0.1) is 0 Å². The molecule has 0 spiro atoms. The molecule has 29 heavy (non-hydrogen) atoms. The number of halogens is 1. The van der Waals surface area contributed by atoms with Crippen LogP contribution in [0.25, 0.3) is 5.76 Å². The fourth-order valence-electron chi connectivity index (χ4n) is 3.47. The predicted octanol–water partition coefficient (Wildman–Crippen LogP) is 4.47. The van der Waals surface area contributed by atoms with Crippen LogP contribution in [-0.4, -0.2) is 26.7 Å². The summed E-state index contributed by atoms with van der Waals surface area (Å²) < 4.78 is 0.854. The maximum absolute atomic E-state index is 12.9. The lowest BCUT2D eigenvalue weighted by Gasteiger charge is -2.25. The lowest BCUT2D eigenvalue weighted by Crippen LogP contribution is -2.29. The average molecular weight is 449 g/mol. The van der Waals surface area contributed by atoms with E-state index in [1.54, 1.807) is 48.8 Å². The number of aromatic nitrogens is 1. The summed E-state index contributed by atoms with van der Waals surface area (Å²) in [6.45, 7) is 0.240. The lowest BCUT2D eigenvalue weighted by molar-refractivity contribution is -0.140. The Morgan fingerprint density at radius 1 is 0.966 bits per heavy atom. The van der Waals surface area contributed by atoms with Crippen molar-refractivity contribution in [3.05, 3.63) is 106 Å². The standard InChI is InChI=1S/C23H17BrN2O3/c24-18-8-6-17(7-9-18)21(27)19-20(16-4-2-1-3-5-16)26(23(29)22(19)28)14-15-10-12-25-13-11-15/h1-13,20,27H,14H2/b21-19+. The molecule has 144 valence electrons. The van der Waals surface area contributed by atoms with Crippen molar-refractivity contribution in [2.75, 3.05) is 0 Å². The quantitative estimate of drug-likeness (QED) is 0.363. The number of benzene rings is 2. The van der Waals surface area contributed by atoms with Crippen molar-refractivity contribution in [1.82, 2.24) is 9.88 Å². The van der Waals surface area contributed by atoms with Gasteiger partial charge in [0.15, 0.2) is 0 Å². The van der Waals surface area contributed by atoms with Gasteiger partial charge in [0.05, 0.1) is 11.6 Å². The molecule has 2 heterocycles. The highest BCUT2D eigenvalue weighted by molar-refractivity contribution is 9.10. The first kappa shape index (κ1) is 19.1. The number of rotatable bonds is 4. The van der Waals surface area contributed by atoms with Gasteiger partial charge in [-0.1, -0.05) is 58.4 Å². The van der Waals surface area contributed by atoms with Gasteiger partial charge in [-0.15, -0.1) is 0 Å². The van der Waals surface area contributed by atoms with E-state index in [1.807, 2.05) is 30.3 Å². The lowest BCUT2D eigenvalue weighted by atomic mass is 9.95. The van der Waals surface area contributed by atoms with E-state index in [0.717, 1.165) is 15.6 Å². The van der Waals surface area contributed by atoms with Gasteiger partial charge < -0.3 is 10.0 Å². The molecule has 1 aliphatic heterocycles. The second-order valence-electron chi connectivity index (χ2n) is 6.70. The van der Waals surface area contributed by atoms with E-state index in [1.165, 1.54) is 4.90 Å². The maximum Gasteiger partial charge on any atom is 0.295 e. The monoisotopic (exact) mass is 448 g/mol. The number of amides is 1. The molecule has 3 aromatic rings. The molecular formula is C23H17BrN2O3. The van der Waals surface area contributed by atoms with Crippen molar-refractivity contribution in [1.29, 1.82) is 0 Å². The van der Waals surface area contributed by atoms with Crippen molar-refractivity contribution in [3.8, 4) is 0 Å². The van der Waals surface area contributed by atoms with Gasteiger partial charge >= 0.3 is 0 Å². The van der Waals surface area contributed by atoms with Crippen LogP contribution in [0.3, 0.4) is 0 Å². The van der Waals surface area contributed by atoms with E-state index in [2.05, 4.69) is 20.9 Å². The van der Waals surface area contributed by atoms with Crippen LogP contribution < -0.4 is 0 Å². The molecule has 1 fully saturated rings. The minimum absolute atomic E-state index is 0.0950. The van der Waals surface area contributed by atoms with Crippen molar-refractivity contribution in [2.24, 2.45) is 0 Å². The molecule has 1 aliphatic rings. The summed E-state index contributed by atoms with van der Waals surface area (Å²) >= 11 is 3.36. The Balaban J connectivity index is 1.85. The van der Waals surface area contributed by atoms with Gasteiger partial charge in [0.2, 0.25) is 0 Å². The number of nitrogens with zero attached hydrogens (tertiary/aromatic N) is 2. The summed E-state index contributed by atoms with van der Waals surface area (Å²) in [6.07, 6.45) is 3.29. The molecule has 1 unspecified atom stereocenters. The Morgan fingerprint density at radius 3 is 2.28 bits per heavy atom. The Labute approximate surface area is 176 Å². The van der Waals surface area contributed by atoms with Gasteiger partial charge in [-0.25, -0.2) is 0 Å². The molecule has 0 radical (unpaired) electrons. The zero-order valence-corrected chi connectivity index (χ0v) is 16.9. The molecule has 0 saturated carbocycles. The topological polar surface area (TPSA) is 70.5 Å². The highest BCUT2D eigenvalue weighted by Gasteiger charge is 2.45. The third kappa shape index (κ3) is 3.71. The van der Waals surface area contributed by atoms with Crippen molar-refractivity contribution in [2.45, 2.75) is 12.6 Å². The highest BCUT2D eigenvalue weighted by Crippen LogP contribution is 2.40. The second-order valence-corrected chi connectivity index (χ2v) is 7.62. The number of aliphatic hydroxyl groups excluding tert-OH is 1. The second kappa shape index (κ2) is 8.01. The van der Waals surface area contributed by atoms with E-state index in [-0.39, 0.29) is 17.9 Å². The highest BCUT2D eigenvalue weighted by atomic mass is 79.9. The smallest absolute Gasteiger partial charge is 0.295 e. The molecule has 4 rings (SSSR count). The summed E-state index contributed by atoms with van der Waals surface area (Å²) in [5, 5.41) is 11.0. The van der Waals surface area contributed by atoms with E-state index in [4.69, 9.17) is 0 Å². The van der Waals surface area contributed by atoms with Gasteiger partial charge in [0, 0.05) is 29.0 Å². The SMILES string of the molecule is O=C1C(=O)N(Cc2ccncc2)C(c2ccccc2)/C1=C(\O)c1ccc(Br)cc1. The molecule has 0 bridgehead atoms. The molecule has 1 amide bonds. The van der Waals surface area contributed by atoms with E-state index in [9.17, 15) is 14.7 Å². The first-order chi connectivity index (χ1) is 14.1. The van der Waals surface area contributed by atoms with Crippen LogP contribution in [-0.2, 0) is 16.1 Å². The Hall–Kier alpha value is -3.25. The average Bonchev–Trinajstić information content (AvgIpc) is 3.00. The number of hydrogen-bond acceptors (Lipinski definition) is 4. The van der Waals surface area contributed by atoms with Gasteiger partial charge in [0.1, 0.15) is 5.76 Å². The molecular weight excluding hydrogens is 432 g/mol. The van der Waals surface area contributed by atoms with Crippen LogP contribution in [0.15, 0.2) is 89.2 Å². The minimum atomic E-state index is -0.687. The number of aliphatic hydroxyl groups is 1. The molecule has 2 aromatic carbocycles.